The Morgan fingerprint density at radius 3 is 2.61 bits per heavy atom. The van der Waals surface area contributed by atoms with Crippen LogP contribution >= 0.6 is 0 Å². The van der Waals surface area contributed by atoms with Crippen molar-refractivity contribution in [3.05, 3.63) is 53.8 Å². The summed E-state index contributed by atoms with van der Waals surface area (Å²) in [5.41, 5.74) is -0.0639. The van der Waals surface area contributed by atoms with Gasteiger partial charge in [-0.25, -0.2) is 4.39 Å². The van der Waals surface area contributed by atoms with E-state index in [2.05, 4.69) is 0 Å². The number of halogens is 4. The molecule has 1 aliphatic rings. The van der Waals surface area contributed by atoms with Gasteiger partial charge in [0.15, 0.2) is 0 Å². The molecular formula is C15H12BF4KO2. The van der Waals surface area contributed by atoms with Crippen LogP contribution in [0.4, 0.5) is 17.3 Å². The molecule has 1 aliphatic heterocycles. The number of para-hydroxylation sites is 1. The third kappa shape index (κ3) is 4.51. The Balaban J connectivity index is 0.00000192. The van der Waals surface area contributed by atoms with Crippen LogP contribution in [0.15, 0.2) is 42.5 Å². The van der Waals surface area contributed by atoms with Gasteiger partial charge in [0.25, 0.3) is 0 Å². The normalized spacial score (nSPS) is 16.3. The van der Waals surface area contributed by atoms with Crippen molar-refractivity contribution in [3.8, 4) is 11.5 Å². The van der Waals surface area contributed by atoms with Crippen LogP contribution in [0.1, 0.15) is 5.56 Å². The fraction of sp³-hybridized carbons (Fsp3) is 0.200. The SMILES string of the molecule is Fc1ccc2c(c1)CC(COc1ccccc1[B-](F)(F)F)O2.[K+]. The summed E-state index contributed by atoms with van der Waals surface area (Å²) < 4.78 is 62.7. The Bertz CT molecular complexity index is 693. The van der Waals surface area contributed by atoms with E-state index in [4.69, 9.17) is 9.47 Å². The number of benzene rings is 2. The van der Waals surface area contributed by atoms with Gasteiger partial charge < -0.3 is 22.4 Å². The Hall–Kier alpha value is -0.539. The van der Waals surface area contributed by atoms with Crippen molar-refractivity contribution in [2.45, 2.75) is 12.5 Å². The van der Waals surface area contributed by atoms with Crippen LogP contribution in [0.2, 0.25) is 0 Å². The Kier molecular flexibility index (Phi) is 6.18. The predicted octanol–water partition coefficient (Wildman–Crippen LogP) is 0.267. The maximum Gasteiger partial charge on any atom is 1.00 e. The van der Waals surface area contributed by atoms with E-state index in [1.807, 2.05) is 0 Å². The van der Waals surface area contributed by atoms with Gasteiger partial charge in [-0.15, -0.1) is 0 Å². The van der Waals surface area contributed by atoms with Gasteiger partial charge in [0.2, 0.25) is 0 Å². The summed E-state index contributed by atoms with van der Waals surface area (Å²) in [6.07, 6.45) is -0.0162. The zero-order chi connectivity index (χ0) is 15.7. The largest absolute Gasteiger partial charge is 1.00 e. The molecule has 0 aliphatic carbocycles. The number of fused-ring (bicyclic) bond motifs is 1. The monoisotopic (exact) mass is 350 g/mol. The van der Waals surface area contributed by atoms with Gasteiger partial charge >= 0.3 is 58.4 Å². The number of hydrogen-bond donors (Lipinski definition) is 0. The molecule has 1 heterocycles. The summed E-state index contributed by atoms with van der Waals surface area (Å²) >= 11 is 0. The Labute approximate surface area is 173 Å². The summed E-state index contributed by atoms with van der Waals surface area (Å²) in [4.78, 5) is 0. The van der Waals surface area contributed by atoms with E-state index in [-0.39, 0.29) is 69.6 Å². The molecular weight excluding hydrogens is 338 g/mol. The minimum atomic E-state index is -5.13. The molecule has 116 valence electrons. The number of ether oxygens (including phenoxy) is 2. The molecule has 0 saturated carbocycles. The molecule has 2 aromatic carbocycles. The van der Waals surface area contributed by atoms with Crippen molar-refractivity contribution >= 4 is 12.4 Å². The van der Waals surface area contributed by atoms with Gasteiger partial charge in [-0.05, 0) is 24.3 Å². The molecule has 0 aromatic heterocycles. The van der Waals surface area contributed by atoms with Gasteiger partial charge in [0.05, 0.1) is 5.75 Å². The average molecular weight is 350 g/mol. The summed E-state index contributed by atoms with van der Waals surface area (Å²) in [5, 5.41) is 0. The summed E-state index contributed by atoms with van der Waals surface area (Å²) in [5.74, 6) is -0.0295. The van der Waals surface area contributed by atoms with E-state index in [1.54, 1.807) is 0 Å². The van der Waals surface area contributed by atoms with E-state index in [1.165, 1.54) is 36.4 Å². The first kappa shape index (κ1) is 18.8. The second-order valence-corrected chi connectivity index (χ2v) is 5.12. The van der Waals surface area contributed by atoms with E-state index in [0.717, 1.165) is 6.07 Å². The average Bonchev–Trinajstić information content (AvgIpc) is 2.86. The first-order chi connectivity index (χ1) is 10.4. The fourth-order valence-electron chi connectivity index (χ4n) is 2.45. The van der Waals surface area contributed by atoms with E-state index in [9.17, 15) is 17.3 Å². The molecule has 3 rings (SSSR count). The van der Waals surface area contributed by atoms with Crippen LogP contribution in [-0.2, 0) is 6.42 Å². The topological polar surface area (TPSA) is 18.5 Å². The third-order valence-electron chi connectivity index (χ3n) is 3.46. The van der Waals surface area contributed by atoms with E-state index < -0.39 is 18.5 Å². The molecule has 0 radical (unpaired) electrons. The van der Waals surface area contributed by atoms with Gasteiger partial charge in [-0.1, -0.05) is 23.7 Å². The van der Waals surface area contributed by atoms with Gasteiger partial charge in [0, 0.05) is 12.0 Å². The van der Waals surface area contributed by atoms with Crippen molar-refractivity contribution < 1.29 is 78.2 Å². The molecule has 1 atom stereocenters. The van der Waals surface area contributed by atoms with Crippen molar-refractivity contribution in [2.24, 2.45) is 0 Å². The quantitative estimate of drug-likeness (QED) is 0.582. The standard InChI is InChI=1S/C15H12BF4O2.K/c17-11-5-6-14-10(7-11)8-12(22-14)9-21-15-4-2-1-3-13(15)16(18,19)20;/h1-7,12H,8-9H2;/q-1;+1. The van der Waals surface area contributed by atoms with Crippen molar-refractivity contribution in [1.29, 1.82) is 0 Å². The van der Waals surface area contributed by atoms with E-state index in [0.29, 0.717) is 17.7 Å². The second-order valence-electron chi connectivity index (χ2n) is 5.12. The fourth-order valence-corrected chi connectivity index (χ4v) is 2.45. The van der Waals surface area contributed by atoms with Crippen LogP contribution in [0, 0.1) is 5.82 Å². The molecule has 23 heavy (non-hydrogen) atoms. The molecule has 0 fully saturated rings. The van der Waals surface area contributed by atoms with Crippen LogP contribution < -0.4 is 66.3 Å². The molecule has 0 bridgehead atoms. The van der Waals surface area contributed by atoms with E-state index >= 15 is 0 Å². The smallest absolute Gasteiger partial charge is 0.493 e. The van der Waals surface area contributed by atoms with Gasteiger partial charge in [-0.3, -0.25) is 0 Å². The molecule has 2 aromatic rings. The zero-order valence-corrected chi connectivity index (χ0v) is 15.6. The van der Waals surface area contributed by atoms with Gasteiger partial charge in [-0.2, -0.15) is 0 Å². The number of rotatable bonds is 4. The van der Waals surface area contributed by atoms with Gasteiger partial charge in [0.1, 0.15) is 24.3 Å². The van der Waals surface area contributed by atoms with Crippen LogP contribution in [0.25, 0.3) is 0 Å². The molecule has 0 N–H and O–H groups in total. The molecule has 2 nitrogen and oxygen atoms in total. The van der Waals surface area contributed by atoms with Crippen LogP contribution in [0.3, 0.4) is 0 Å². The summed E-state index contributed by atoms with van der Waals surface area (Å²) in [7, 11) is 0. The Morgan fingerprint density at radius 1 is 1.13 bits per heavy atom. The first-order valence-electron chi connectivity index (χ1n) is 6.80. The molecule has 1 unspecified atom stereocenters. The van der Waals surface area contributed by atoms with Crippen LogP contribution in [-0.4, -0.2) is 19.7 Å². The molecule has 0 amide bonds. The van der Waals surface area contributed by atoms with Crippen molar-refractivity contribution in [1.82, 2.24) is 0 Å². The second kappa shape index (κ2) is 7.57. The minimum absolute atomic E-state index is 0. The Morgan fingerprint density at radius 2 is 1.87 bits per heavy atom. The summed E-state index contributed by atoms with van der Waals surface area (Å²) in [6, 6.07) is 9.24. The molecule has 8 heteroatoms. The summed E-state index contributed by atoms with van der Waals surface area (Å²) in [6.45, 7) is -5.16. The molecule has 0 saturated heterocycles. The van der Waals surface area contributed by atoms with Crippen LogP contribution in [0.5, 0.6) is 11.5 Å². The maximum absolute atomic E-state index is 13.1. The first-order valence-corrected chi connectivity index (χ1v) is 6.80. The van der Waals surface area contributed by atoms with Crippen molar-refractivity contribution in [3.63, 3.8) is 0 Å². The predicted molar refractivity (Wildman–Crippen MR) is 75.2 cm³/mol. The maximum atomic E-state index is 13.1. The minimum Gasteiger partial charge on any atom is -0.493 e. The number of hydrogen-bond acceptors (Lipinski definition) is 2. The third-order valence-corrected chi connectivity index (χ3v) is 3.46. The van der Waals surface area contributed by atoms with Crippen molar-refractivity contribution in [2.75, 3.05) is 6.61 Å². The molecule has 0 spiro atoms. The zero-order valence-electron chi connectivity index (χ0n) is 12.4.